The molecule has 1 aromatic carbocycles. The van der Waals surface area contributed by atoms with Crippen molar-refractivity contribution in [3.05, 3.63) is 47.5 Å². The number of benzene rings is 1. The maximum atomic E-state index is 12.0. The Morgan fingerprint density at radius 3 is 2.36 bits per heavy atom. The van der Waals surface area contributed by atoms with E-state index in [1.54, 1.807) is 12.1 Å². The topological polar surface area (TPSA) is 82.1 Å². The van der Waals surface area contributed by atoms with Crippen LogP contribution in [-0.2, 0) is 19.0 Å². The fourth-order valence-corrected chi connectivity index (χ4v) is 2.15. The Hall–Kier alpha value is -2.18. The minimum Gasteiger partial charge on any atom is -0.463 e. The molecule has 25 heavy (non-hydrogen) atoms. The molecule has 0 aliphatic rings. The average molecular weight is 350 g/mol. The predicted octanol–water partition coefficient (Wildman–Crippen LogP) is 2.35. The van der Waals surface area contributed by atoms with Crippen LogP contribution in [0.4, 0.5) is 0 Å². The highest BCUT2D eigenvalue weighted by molar-refractivity contribution is 5.89. The lowest BCUT2D eigenvalue weighted by molar-refractivity contribution is -0.137. The maximum Gasteiger partial charge on any atom is 0.338 e. The van der Waals surface area contributed by atoms with Gasteiger partial charge in [0.05, 0.1) is 18.8 Å². The lowest BCUT2D eigenvalue weighted by atomic mass is 10.1. The van der Waals surface area contributed by atoms with Crippen molar-refractivity contribution in [2.75, 3.05) is 26.4 Å². The number of carbonyl (C=O) groups is 2. The van der Waals surface area contributed by atoms with Gasteiger partial charge >= 0.3 is 11.9 Å². The molecule has 1 aromatic rings. The molecule has 6 nitrogen and oxygen atoms in total. The summed E-state index contributed by atoms with van der Waals surface area (Å²) in [6, 6.07) is 5.46. The number of ether oxygens (including phenoxy) is 3. The number of hydrogen-bond acceptors (Lipinski definition) is 6. The summed E-state index contributed by atoms with van der Waals surface area (Å²) in [4.78, 5) is 22.8. The van der Waals surface area contributed by atoms with Crippen LogP contribution in [0, 0.1) is 13.8 Å². The lowest BCUT2D eigenvalue weighted by Gasteiger charge is -2.12. The lowest BCUT2D eigenvalue weighted by Crippen LogP contribution is -2.24. The highest BCUT2D eigenvalue weighted by Gasteiger charge is 2.12. The standard InChI is InChI=1S/C19H26O6/c1-4-18(21)24-8-6-5-7-23-12-17(20)13-25-19(22)16-10-14(2)9-15(3)11-16/h4,9-11,17,20H,1,5-8,12-13H2,2-3H3. The summed E-state index contributed by atoms with van der Waals surface area (Å²) in [5.41, 5.74) is 2.43. The zero-order valence-corrected chi connectivity index (χ0v) is 14.8. The van der Waals surface area contributed by atoms with Gasteiger partial charge in [-0.2, -0.15) is 0 Å². The second kappa shape index (κ2) is 11.4. The summed E-state index contributed by atoms with van der Waals surface area (Å²) >= 11 is 0. The van der Waals surface area contributed by atoms with E-state index < -0.39 is 18.0 Å². The molecule has 0 radical (unpaired) electrons. The van der Waals surface area contributed by atoms with Crippen LogP contribution in [0.5, 0.6) is 0 Å². The van der Waals surface area contributed by atoms with Crippen molar-refractivity contribution < 1.29 is 28.9 Å². The summed E-state index contributed by atoms with van der Waals surface area (Å²) in [7, 11) is 0. The second-order valence-corrected chi connectivity index (χ2v) is 5.78. The van der Waals surface area contributed by atoms with Gasteiger partial charge in [-0.25, -0.2) is 9.59 Å². The fraction of sp³-hybridized carbons (Fsp3) is 0.474. The van der Waals surface area contributed by atoms with Crippen LogP contribution >= 0.6 is 0 Å². The molecule has 1 unspecified atom stereocenters. The molecule has 0 saturated heterocycles. The van der Waals surface area contributed by atoms with Crippen molar-refractivity contribution in [3.8, 4) is 0 Å². The highest BCUT2D eigenvalue weighted by atomic mass is 16.5. The zero-order chi connectivity index (χ0) is 18.7. The van der Waals surface area contributed by atoms with Gasteiger partial charge in [0, 0.05) is 12.7 Å². The molecular formula is C19H26O6. The summed E-state index contributed by atoms with van der Waals surface area (Å²) < 4.78 is 15.2. The normalized spacial score (nSPS) is 11.6. The zero-order valence-electron chi connectivity index (χ0n) is 14.8. The largest absolute Gasteiger partial charge is 0.463 e. The fourth-order valence-electron chi connectivity index (χ4n) is 2.15. The first-order valence-electron chi connectivity index (χ1n) is 8.22. The number of aliphatic hydroxyl groups is 1. The molecule has 138 valence electrons. The van der Waals surface area contributed by atoms with Crippen molar-refractivity contribution in [3.63, 3.8) is 0 Å². The molecular weight excluding hydrogens is 324 g/mol. The van der Waals surface area contributed by atoms with E-state index in [4.69, 9.17) is 14.2 Å². The van der Waals surface area contributed by atoms with Crippen molar-refractivity contribution in [2.45, 2.75) is 32.8 Å². The van der Waals surface area contributed by atoms with Gasteiger partial charge in [0.2, 0.25) is 0 Å². The highest BCUT2D eigenvalue weighted by Crippen LogP contribution is 2.10. The number of aryl methyl sites for hydroxylation is 2. The number of esters is 2. The quantitative estimate of drug-likeness (QED) is 0.375. The summed E-state index contributed by atoms with van der Waals surface area (Å²) in [6.07, 6.45) is 1.59. The van der Waals surface area contributed by atoms with E-state index in [0.29, 0.717) is 31.6 Å². The van der Waals surface area contributed by atoms with Crippen LogP contribution in [0.2, 0.25) is 0 Å². The van der Waals surface area contributed by atoms with E-state index in [2.05, 4.69) is 6.58 Å². The smallest absolute Gasteiger partial charge is 0.338 e. The van der Waals surface area contributed by atoms with Crippen LogP contribution in [-0.4, -0.2) is 49.6 Å². The Balaban J connectivity index is 2.14. The van der Waals surface area contributed by atoms with E-state index in [1.165, 1.54) is 0 Å². The molecule has 1 rings (SSSR count). The molecule has 0 aromatic heterocycles. The van der Waals surface area contributed by atoms with Gasteiger partial charge in [0.1, 0.15) is 12.7 Å². The third-order valence-corrected chi connectivity index (χ3v) is 3.27. The van der Waals surface area contributed by atoms with Crippen molar-refractivity contribution in [1.29, 1.82) is 0 Å². The van der Waals surface area contributed by atoms with Gasteiger partial charge in [0.15, 0.2) is 0 Å². The molecule has 1 atom stereocenters. The summed E-state index contributed by atoms with van der Waals surface area (Å²) in [5, 5.41) is 9.78. The van der Waals surface area contributed by atoms with Gasteiger partial charge in [-0.15, -0.1) is 0 Å². The molecule has 0 aliphatic carbocycles. The molecule has 6 heteroatoms. The number of aliphatic hydroxyl groups excluding tert-OH is 1. The van der Waals surface area contributed by atoms with Gasteiger partial charge in [-0.3, -0.25) is 0 Å². The molecule has 0 heterocycles. The first-order chi connectivity index (χ1) is 11.9. The Morgan fingerprint density at radius 1 is 1.08 bits per heavy atom. The average Bonchev–Trinajstić information content (AvgIpc) is 2.57. The second-order valence-electron chi connectivity index (χ2n) is 5.78. The maximum absolute atomic E-state index is 12.0. The van der Waals surface area contributed by atoms with Gasteiger partial charge in [-0.1, -0.05) is 23.8 Å². The number of hydrogen-bond donors (Lipinski definition) is 1. The molecule has 1 N–H and O–H groups in total. The van der Waals surface area contributed by atoms with E-state index >= 15 is 0 Å². The summed E-state index contributed by atoms with van der Waals surface area (Å²) in [6.45, 7) is 7.81. The number of carbonyl (C=O) groups excluding carboxylic acids is 2. The van der Waals surface area contributed by atoms with E-state index in [-0.39, 0.29) is 13.2 Å². The molecule has 0 saturated carbocycles. The Labute approximate surface area is 148 Å². The SMILES string of the molecule is C=CC(=O)OCCCCOCC(O)COC(=O)c1cc(C)cc(C)c1. The number of unbranched alkanes of at least 4 members (excludes halogenated alkanes) is 1. The molecule has 0 bridgehead atoms. The van der Waals surface area contributed by atoms with Crippen molar-refractivity contribution in [1.82, 2.24) is 0 Å². The van der Waals surface area contributed by atoms with Gasteiger partial charge in [0.25, 0.3) is 0 Å². The van der Waals surface area contributed by atoms with E-state index in [0.717, 1.165) is 17.2 Å². The minimum atomic E-state index is -0.881. The van der Waals surface area contributed by atoms with Crippen LogP contribution in [0.15, 0.2) is 30.9 Å². The van der Waals surface area contributed by atoms with Crippen LogP contribution < -0.4 is 0 Å². The summed E-state index contributed by atoms with van der Waals surface area (Å²) in [5.74, 6) is -0.906. The van der Waals surface area contributed by atoms with Crippen LogP contribution in [0.25, 0.3) is 0 Å². The van der Waals surface area contributed by atoms with E-state index in [1.807, 2.05) is 19.9 Å². The van der Waals surface area contributed by atoms with E-state index in [9.17, 15) is 14.7 Å². The Bertz CT molecular complexity index is 561. The van der Waals surface area contributed by atoms with Gasteiger partial charge in [-0.05, 0) is 38.8 Å². The monoisotopic (exact) mass is 350 g/mol. The van der Waals surface area contributed by atoms with Crippen molar-refractivity contribution >= 4 is 11.9 Å². The third kappa shape index (κ3) is 9.02. The van der Waals surface area contributed by atoms with Crippen LogP contribution in [0.3, 0.4) is 0 Å². The molecule has 0 spiro atoms. The van der Waals surface area contributed by atoms with Crippen LogP contribution in [0.1, 0.15) is 34.3 Å². The first kappa shape index (κ1) is 20.9. The van der Waals surface area contributed by atoms with Gasteiger partial charge < -0.3 is 19.3 Å². The minimum absolute atomic E-state index is 0.0760. The molecule has 0 amide bonds. The molecule has 0 fully saturated rings. The Kier molecular flexibility index (Phi) is 9.50. The van der Waals surface area contributed by atoms with Crippen molar-refractivity contribution in [2.24, 2.45) is 0 Å². The number of rotatable bonds is 11. The predicted molar refractivity (Wildman–Crippen MR) is 93.4 cm³/mol. The third-order valence-electron chi connectivity index (χ3n) is 3.27. The first-order valence-corrected chi connectivity index (χ1v) is 8.22. The Morgan fingerprint density at radius 2 is 1.72 bits per heavy atom. The molecule has 0 aliphatic heterocycles.